The molecule has 1 heterocycles. The molecule has 1 aromatic rings. The molecule has 0 aromatic carbocycles. The van der Waals surface area contributed by atoms with Crippen LogP contribution in [0.4, 0.5) is 0 Å². The number of aliphatic hydroxyl groups is 1. The smallest absolute Gasteiger partial charge is 0.252 e. The largest absolute Gasteiger partial charge is 0.388 e. The highest BCUT2D eigenvalue weighted by Crippen LogP contribution is 2.15. The van der Waals surface area contributed by atoms with Gasteiger partial charge in [0.1, 0.15) is 0 Å². The van der Waals surface area contributed by atoms with Gasteiger partial charge in [0.25, 0.3) is 5.91 Å². The monoisotopic (exact) mass is 252 g/mol. The van der Waals surface area contributed by atoms with Crippen molar-refractivity contribution in [1.82, 2.24) is 10.3 Å². The fourth-order valence-electron chi connectivity index (χ4n) is 1.88. The van der Waals surface area contributed by atoms with Crippen molar-refractivity contribution in [2.75, 3.05) is 6.54 Å². The summed E-state index contributed by atoms with van der Waals surface area (Å²) in [7, 11) is 0. The molecule has 1 atom stereocenters. The Morgan fingerprint density at radius 1 is 1.50 bits per heavy atom. The van der Waals surface area contributed by atoms with E-state index in [0.29, 0.717) is 17.9 Å². The minimum atomic E-state index is -0.925. The Kier molecular flexibility index (Phi) is 4.67. The summed E-state index contributed by atoms with van der Waals surface area (Å²) < 4.78 is 0. The molecule has 0 saturated heterocycles. The van der Waals surface area contributed by atoms with Crippen LogP contribution in [0.2, 0.25) is 0 Å². The van der Waals surface area contributed by atoms with Crippen molar-refractivity contribution in [3.8, 4) is 0 Å². The number of H-pyrrole nitrogens is 1. The average Bonchev–Trinajstić information content (AvgIpc) is 2.25. The summed E-state index contributed by atoms with van der Waals surface area (Å²) in [4.78, 5) is 25.0. The van der Waals surface area contributed by atoms with Gasteiger partial charge in [0, 0.05) is 18.8 Å². The maximum atomic E-state index is 11.7. The average molecular weight is 252 g/mol. The van der Waals surface area contributed by atoms with Gasteiger partial charge in [-0.05, 0) is 25.3 Å². The van der Waals surface area contributed by atoms with Crippen LogP contribution in [-0.2, 0) is 0 Å². The lowest BCUT2D eigenvalue weighted by Gasteiger charge is -2.25. The fourth-order valence-corrected chi connectivity index (χ4v) is 1.88. The lowest BCUT2D eigenvalue weighted by molar-refractivity contribution is 0.0368. The molecule has 1 aromatic heterocycles. The molecular formula is C13H20N2O3. The van der Waals surface area contributed by atoms with Gasteiger partial charge in [0.2, 0.25) is 5.56 Å². The molecule has 0 aliphatic heterocycles. The summed E-state index contributed by atoms with van der Waals surface area (Å²) in [5.74, 6) is 0.0419. The molecule has 0 spiro atoms. The highest BCUT2D eigenvalue weighted by molar-refractivity contribution is 5.93. The summed E-state index contributed by atoms with van der Waals surface area (Å²) >= 11 is 0. The van der Waals surface area contributed by atoms with Crippen molar-refractivity contribution < 1.29 is 9.90 Å². The second kappa shape index (κ2) is 5.82. The third-order valence-electron chi connectivity index (χ3n) is 2.52. The number of nitrogens with one attached hydrogen (secondary N) is 2. The molecule has 5 nitrogen and oxygen atoms in total. The Morgan fingerprint density at radius 3 is 2.67 bits per heavy atom. The normalized spacial score (nSPS) is 14.3. The summed E-state index contributed by atoms with van der Waals surface area (Å²) in [5.41, 5.74) is -0.806. The van der Waals surface area contributed by atoms with E-state index in [0.717, 1.165) is 0 Å². The molecule has 0 fully saturated rings. The van der Waals surface area contributed by atoms with E-state index in [1.165, 1.54) is 18.3 Å². The predicted octanol–water partition coefficient (Wildman–Crippen LogP) is 0.902. The van der Waals surface area contributed by atoms with Crippen LogP contribution in [0.3, 0.4) is 0 Å². The van der Waals surface area contributed by atoms with Crippen LogP contribution in [-0.4, -0.2) is 28.1 Å². The van der Waals surface area contributed by atoms with E-state index in [4.69, 9.17) is 0 Å². The molecule has 100 valence electrons. The van der Waals surface area contributed by atoms with E-state index < -0.39 is 5.60 Å². The summed E-state index contributed by atoms with van der Waals surface area (Å²) in [5, 5.41) is 12.7. The maximum Gasteiger partial charge on any atom is 0.252 e. The van der Waals surface area contributed by atoms with Crippen molar-refractivity contribution in [3.63, 3.8) is 0 Å². The summed E-state index contributed by atoms with van der Waals surface area (Å²) in [6.07, 6.45) is 1.97. The Bertz CT molecular complexity index is 443. The van der Waals surface area contributed by atoms with Gasteiger partial charge in [0.05, 0.1) is 11.2 Å². The van der Waals surface area contributed by atoms with E-state index in [9.17, 15) is 14.7 Å². The Labute approximate surface area is 106 Å². The Morgan fingerprint density at radius 2 is 2.17 bits per heavy atom. The zero-order chi connectivity index (χ0) is 13.8. The highest BCUT2D eigenvalue weighted by Gasteiger charge is 2.22. The number of aromatic nitrogens is 1. The first-order valence-corrected chi connectivity index (χ1v) is 5.99. The van der Waals surface area contributed by atoms with Crippen LogP contribution in [0.25, 0.3) is 0 Å². The lowest BCUT2D eigenvalue weighted by Crippen LogP contribution is -2.41. The van der Waals surface area contributed by atoms with Crippen LogP contribution in [0.1, 0.15) is 37.6 Å². The molecule has 18 heavy (non-hydrogen) atoms. The first-order valence-electron chi connectivity index (χ1n) is 5.99. The van der Waals surface area contributed by atoms with Crippen LogP contribution < -0.4 is 10.9 Å². The first kappa shape index (κ1) is 14.4. The van der Waals surface area contributed by atoms with Crippen molar-refractivity contribution in [3.05, 3.63) is 34.2 Å². The van der Waals surface area contributed by atoms with E-state index >= 15 is 0 Å². The van der Waals surface area contributed by atoms with E-state index in [1.807, 2.05) is 13.8 Å². The van der Waals surface area contributed by atoms with Gasteiger partial charge in [-0.25, -0.2) is 0 Å². The first-order chi connectivity index (χ1) is 8.30. The molecule has 1 amide bonds. The van der Waals surface area contributed by atoms with Crippen LogP contribution in [0.5, 0.6) is 0 Å². The second-order valence-corrected chi connectivity index (χ2v) is 5.22. The molecule has 3 N–H and O–H groups in total. The summed E-state index contributed by atoms with van der Waals surface area (Å²) in [6.45, 7) is 5.90. The van der Waals surface area contributed by atoms with Crippen molar-refractivity contribution in [2.24, 2.45) is 5.92 Å². The van der Waals surface area contributed by atoms with Gasteiger partial charge >= 0.3 is 0 Å². The van der Waals surface area contributed by atoms with Crippen molar-refractivity contribution in [1.29, 1.82) is 0 Å². The molecule has 1 unspecified atom stereocenters. The van der Waals surface area contributed by atoms with Crippen LogP contribution >= 0.6 is 0 Å². The van der Waals surface area contributed by atoms with Crippen molar-refractivity contribution in [2.45, 2.75) is 32.8 Å². The molecule has 1 rings (SSSR count). The van der Waals surface area contributed by atoms with Gasteiger partial charge in [0.15, 0.2) is 0 Å². The van der Waals surface area contributed by atoms with Crippen LogP contribution in [0.15, 0.2) is 23.1 Å². The molecular weight excluding hydrogens is 232 g/mol. The van der Waals surface area contributed by atoms with Gasteiger partial charge in [-0.2, -0.15) is 0 Å². The molecule has 0 radical (unpaired) electrons. The van der Waals surface area contributed by atoms with Gasteiger partial charge in [-0.3, -0.25) is 9.59 Å². The minimum absolute atomic E-state index is 0.184. The van der Waals surface area contributed by atoms with E-state index in [2.05, 4.69) is 10.3 Å². The molecule has 0 bridgehead atoms. The standard InChI is InChI=1S/C13H20N2O3/c1-9(2)6-13(3,18)8-15-12(17)10-4-5-11(16)14-7-10/h4-5,7,9,18H,6,8H2,1-3H3,(H,14,16)(H,15,17). The fraction of sp³-hybridized carbons (Fsp3) is 0.538. The maximum absolute atomic E-state index is 11.7. The number of rotatable bonds is 5. The minimum Gasteiger partial charge on any atom is -0.388 e. The molecule has 0 saturated carbocycles. The quantitative estimate of drug-likeness (QED) is 0.728. The Balaban J connectivity index is 2.56. The van der Waals surface area contributed by atoms with Gasteiger partial charge < -0.3 is 15.4 Å². The van der Waals surface area contributed by atoms with Crippen molar-refractivity contribution >= 4 is 5.91 Å². The van der Waals surface area contributed by atoms with Gasteiger partial charge in [-0.15, -0.1) is 0 Å². The topological polar surface area (TPSA) is 82.2 Å². The number of amides is 1. The molecule has 5 heteroatoms. The molecule has 0 aliphatic carbocycles. The number of carbonyl (C=O) groups excluding carboxylic acids is 1. The van der Waals surface area contributed by atoms with Gasteiger partial charge in [-0.1, -0.05) is 13.8 Å². The zero-order valence-electron chi connectivity index (χ0n) is 11.0. The highest BCUT2D eigenvalue weighted by atomic mass is 16.3. The van der Waals surface area contributed by atoms with E-state index in [1.54, 1.807) is 6.92 Å². The summed E-state index contributed by atoms with van der Waals surface area (Å²) in [6, 6.07) is 2.74. The SMILES string of the molecule is CC(C)CC(C)(O)CNC(=O)c1ccc(=O)[nH]c1. The number of aromatic amines is 1. The second-order valence-electron chi connectivity index (χ2n) is 5.22. The van der Waals surface area contributed by atoms with Crippen LogP contribution in [0, 0.1) is 5.92 Å². The lowest BCUT2D eigenvalue weighted by atomic mass is 9.94. The predicted molar refractivity (Wildman–Crippen MR) is 69.5 cm³/mol. The number of hydrogen-bond acceptors (Lipinski definition) is 3. The third kappa shape index (κ3) is 4.71. The number of hydrogen-bond donors (Lipinski definition) is 3. The number of pyridine rings is 1. The third-order valence-corrected chi connectivity index (χ3v) is 2.52. The number of carbonyl (C=O) groups is 1. The Hall–Kier alpha value is -1.62. The zero-order valence-corrected chi connectivity index (χ0v) is 11.0. The van der Waals surface area contributed by atoms with E-state index in [-0.39, 0.29) is 18.0 Å². The molecule has 0 aliphatic rings.